The fourth-order valence-electron chi connectivity index (χ4n) is 2.82. The van der Waals surface area contributed by atoms with E-state index < -0.39 is 21.8 Å². The van der Waals surface area contributed by atoms with Crippen LogP contribution in [-0.4, -0.2) is 37.9 Å². The van der Waals surface area contributed by atoms with E-state index in [0.29, 0.717) is 5.75 Å². The number of rotatable bonds is 15. The maximum absolute atomic E-state index is 11.9. The minimum atomic E-state index is -4.93. The zero-order valence-electron chi connectivity index (χ0n) is 17.7. The SMILES string of the molecule is CCCCCCCCc1ccccc1OC(COCC)(OCC)S(=O)(=O)[O-].[Na+]. The first-order valence-corrected chi connectivity index (χ1v) is 11.2. The van der Waals surface area contributed by atoms with Gasteiger partial charge in [-0.05, 0) is 38.3 Å². The van der Waals surface area contributed by atoms with E-state index >= 15 is 0 Å². The van der Waals surface area contributed by atoms with Gasteiger partial charge in [0.2, 0.25) is 0 Å². The second-order valence-corrected chi connectivity index (χ2v) is 7.97. The van der Waals surface area contributed by atoms with Gasteiger partial charge in [0.05, 0.1) is 0 Å². The molecule has 1 atom stereocenters. The molecule has 156 valence electrons. The van der Waals surface area contributed by atoms with Crippen molar-refractivity contribution in [3.8, 4) is 5.75 Å². The van der Waals surface area contributed by atoms with Crippen molar-refractivity contribution < 1.29 is 56.7 Å². The summed E-state index contributed by atoms with van der Waals surface area (Å²) in [5, 5.41) is -2.38. The zero-order chi connectivity index (χ0) is 20.2. The first-order chi connectivity index (χ1) is 12.9. The Bertz CT molecular complexity index is 637. The van der Waals surface area contributed by atoms with Gasteiger partial charge in [0.15, 0.2) is 10.1 Å². The summed E-state index contributed by atoms with van der Waals surface area (Å²) in [5.41, 5.74) is 0.859. The Balaban J connectivity index is 0.00000729. The van der Waals surface area contributed by atoms with E-state index in [1.807, 2.05) is 12.1 Å². The molecule has 6 nitrogen and oxygen atoms in total. The average Bonchev–Trinajstić information content (AvgIpc) is 2.63. The largest absolute Gasteiger partial charge is 1.00 e. The van der Waals surface area contributed by atoms with Crippen molar-refractivity contribution in [1.82, 2.24) is 0 Å². The topological polar surface area (TPSA) is 84.9 Å². The van der Waals surface area contributed by atoms with Gasteiger partial charge in [0, 0.05) is 13.2 Å². The molecule has 0 aromatic heterocycles. The normalized spacial score (nSPS) is 13.6. The molecule has 0 N–H and O–H groups in total. The van der Waals surface area contributed by atoms with Crippen LogP contribution in [0.2, 0.25) is 0 Å². The van der Waals surface area contributed by atoms with Crippen LogP contribution in [0, 0.1) is 0 Å². The molecule has 8 heteroatoms. The summed E-state index contributed by atoms with van der Waals surface area (Å²) in [4.78, 5) is 0. The molecule has 0 bridgehead atoms. The minimum absolute atomic E-state index is 0. The summed E-state index contributed by atoms with van der Waals surface area (Å²) in [6.07, 6.45) is 7.68. The molecule has 0 saturated heterocycles. The van der Waals surface area contributed by atoms with Crippen LogP contribution < -0.4 is 34.3 Å². The third-order valence-corrected chi connectivity index (χ3v) is 5.35. The number of hydrogen-bond acceptors (Lipinski definition) is 6. The van der Waals surface area contributed by atoms with E-state index in [9.17, 15) is 13.0 Å². The van der Waals surface area contributed by atoms with Gasteiger partial charge in [-0.2, -0.15) is 0 Å². The summed E-state index contributed by atoms with van der Waals surface area (Å²) in [6, 6.07) is 7.16. The standard InChI is InChI=1S/C20H34O6S.Na/c1-4-7-8-9-10-11-14-18-15-12-13-16-19(18)26-20(25-6-3,17-24-5-2)27(21,22)23;/h12-13,15-16H,4-11,14,17H2,1-3H3,(H,21,22,23);/q;+1/p-1. The first-order valence-electron chi connectivity index (χ1n) is 9.84. The maximum atomic E-state index is 11.9. The number of benzene rings is 1. The third kappa shape index (κ3) is 9.11. The quantitative estimate of drug-likeness (QED) is 0.182. The number of hydrogen-bond donors (Lipinski definition) is 0. The van der Waals surface area contributed by atoms with E-state index in [2.05, 4.69) is 6.92 Å². The van der Waals surface area contributed by atoms with Crippen molar-refractivity contribution in [2.75, 3.05) is 19.8 Å². The Kier molecular flexibility index (Phi) is 14.7. The smallest absolute Gasteiger partial charge is 0.743 e. The first kappa shape index (κ1) is 27.8. The summed E-state index contributed by atoms with van der Waals surface area (Å²) in [5.74, 6) is 0.346. The van der Waals surface area contributed by atoms with Crippen LogP contribution in [0.15, 0.2) is 24.3 Å². The molecule has 1 aromatic rings. The van der Waals surface area contributed by atoms with Gasteiger partial charge < -0.3 is 18.8 Å². The molecule has 0 amide bonds. The summed E-state index contributed by atoms with van der Waals surface area (Å²) in [6.45, 7) is 5.28. The molecule has 0 spiro atoms. The van der Waals surface area contributed by atoms with Crippen LogP contribution in [0.3, 0.4) is 0 Å². The number of ether oxygens (including phenoxy) is 3. The molecule has 1 aromatic carbocycles. The molecule has 1 rings (SSSR count). The molecule has 0 fully saturated rings. The summed E-state index contributed by atoms with van der Waals surface area (Å²) in [7, 11) is -4.93. The molecule has 0 aliphatic rings. The monoisotopic (exact) mass is 424 g/mol. The Morgan fingerprint density at radius 2 is 1.61 bits per heavy atom. The van der Waals surface area contributed by atoms with Crippen LogP contribution in [-0.2, 0) is 26.0 Å². The van der Waals surface area contributed by atoms with Crippen LogP contribution in [0.5, 0.6) is 5.75 Å². The van der Waals surface area contributed by atoms with Crippen molar-refractivity contribution in [2.45, 2.75) is 70.8 Å². The molecule has 28 heavy (non-hydrogen) atoms. The Hall–Kier alpha value is -0.150. The van der Waals surface area contributed by atoms with E-state index in [1.54, 1.807) is 26.0 Å². The van der Waals surface area contributed by atoms with E-state index in [-0.39, 0.29) is 42.8 Å². The third-order valence-electron chi connectivity index (χ3n) is 4.27. The van der Waals surface area contributed by atoms with Crippen LogP contribution in [0.1, 0.15) is 64.9 Å². The second-order valence-electron chi connectivity index (χ2n) is 6.43. The molecule has 0 aliphatic carbocycles. The van der Waals surface area contributed by atoms with Crippen molar-refractivity contribution in [2.24, 2.45) is 0 Å². The predicted molar refractivity (Wildman–Crippen MR) is 105 cm³/mol. The fraction of sp³-hybridized carbons (Fsp3) is 0.700. The predicted octanol–water partition coefficient (Wildman–Crippen LogP) is 1.24. The van der Waals surface area contributed by atoms with Gasteiger partial charge in [0.1, 0.15) is 12.4 Å². The van der Waals surface area contributed by atoms with E-state index in [0.717, 1.165) is 24.8 Å². The minimum Gasteiger partial charge on any atom is -0.743 e. The molecule has 0 saturated carbocycles. The number of unbranched alkanes of at least 4 members (excludes halogenated alkanes) is 5. The van der Waals surface area contributed by atoms with Gasteiger partial charge in [-0.15, -0.1) is 0 Å². The molecule has 1 unspecified atom stereocenters. The Labute approximate surface area is 192 Å². The van der Waals surface area contributed by atoms with Crippen molar-refractivity contribution in [3.05, 3.63) is 29.8 Å². The van der Waals surface area contributed by atoms with E-state index in [1.165, 1.54) is 25.7 Å². The Morgan fingerprint density at radius 3 is 2.21 bits per heavy atom. The fourth-order valence-corrected chi connectivity index (χ4v) is 3.50. The van der Waals surface area contributed by atoms with Crippen LogP contribution >= 0.6 is 0 Å². The van der Waals surface area contributed by atoms with Gasteiger partial charge in [-0.3, -0.25) is 0 Å². The summed E-state index contributed by atoms with van der Waals surface area (Å²) >= 11 is 0. The molecule has 0 radical (unpaired) electrons. The van der Waals surface area contributed by atoms with Crippen LogP contribution in [0.25, 0.3) is 0 Å². The molecular weight excluding hydrogens is 391 g/mol. The second kappa shape index (κ2) is 14.8. The van der Waals surface area contributed by atoms with E-state index in [4.69, 9.17) is 14.2 Å². The zero-order valence-corrected chi connectivity index (χ0v) is 20.6. The summed E-state index contributed by atoms with van der Waals surface area (Å²) < 4.78 is 52.0. The van der Waals surface area contributed by atoms with Crippen molar-refractivity contribution >= 4 is 10.1 Å². The van der Waals surface area contributed by atoms with Gasteiger partial charge in [0.25, 0.3) is 0 Å². The molecular formula is C20H33NaO6S. The van der Waals surface area contributed by atoms with Crippen molar-refractivity contribution in [1.29, 1.82) is 0 Å². The van der Waals surface area contributed by atoms with Gasteiger partial charge in [-0.25, -0.2) is 8.42 Å². The molecule has 0 aliphatic heterocycles. The Morgan fingerprint density at radius 1 is 0.964 bits per heavy atom. The maximum Gasteiger partial charge on any atom is 1.00 e. The van der Waals surface area contributed by atoms with Gasteiger partial charge in [-0.1, -0.05) is 57.2 Å². The van der Waals surface area contributed by atoms with Crippen LogP contribution in [0.4, 0.5) is 0 Å². The average molecular weight is 425 g/mol. The number of aryl methyl sites for hydroxylation is 1. The van der Waals surface area contributed by atoms with Gasteiger partial charge >= 0.3 is 34.7 Å². The van der Waals surface area contributed by atoms with Crippen molar-refractivity contribution in [3.63, 3.8) is 0 Å². The molecule has 0 heterocycles. The number of para-hydroxylation sites is 1.